The van der Waals surface area contributed by atoms with Crippen molar-refractivity contribution in [3.8, 4) is 0 Å². The minimum atomic E-state index is -3.55. The molecule has 1 fully saturated rings. The van der Waals surface area contributed by atoms with E-state index in [9.17, 15) is 13.2 Å². The zero-order chi connectivity index (χ0) is 21.9. The Labute approximate surface area is 179 Å². The van der Waals surface area contributed by atoms with Gasteiger partial charge in [-0.1, -0.05) is 26.0 Å². The molecule has 0 saturated carbocycles. The monoisotopic (exact) mass is 432 g/mol. The smallest absolute Gasteiger partial charge is 0.251 e. The third-order valence-electron chi connectivity index (χ3n) is 5.74. The van der Waals surface area contributed by atoms with Gasteiger partial charge in [0.1, 0.15) is 4.90 Å². The van der Waals surface area contributed by atoms with E-state index in [2.05, 4.69) is 17.3 Å². The largest absolute Gasteiger partial charge is 0.352 e. The van der Waals surface area contributed by atoms with Crippen LogP contribution >= 0.6 is 0 Å². The average Bonchev–Trinajstić information content (AvgIpc) is 3.00. The van der Waals surface area contributed by atoms with Crippen LogP contribution in [0.25, 0.3) is 0 Å². The molecule has 30 heavy (non-hydrogen) atoms. The average molecular weight is 433 g/mol. The van der Waals surface area contributed by atoms with Gasteiger partial charge in [0.05, 0.1) is 17.9 Å². The number of amides is 1. The first-order valence-corrected chi connectivity index (χ1v) is 12.1. The molecule has 0 bridgehead atoms. The first-order chi connectivity index (χ1) is 14.2. The number of aromatic nitrogens is 2. The molecule has 0 atom stereocenters. The zero-order valence-corrected chi connectivity index (χ0v) is 19.1. The Morgan fingerprint density at radius 3 is 2.40 bits per heavy atom. The SMILES string of the molecule is CCCNC(=O)c1ccc(Cn2nc(C)c(S(=O)(=O)N3CCC(C)CC3)c2C)cc1. The lowest BCUT2D eigenvalue weighted by Crippen LogP contribution is -2.38. The van der Waals surface area contributed by atoms with Crippen LogP contribution in [0, 0.1) is 19.8 Å². The molecular formula is C22H32N4O3S. The number of carbonyl (C=O) groups is 1. The Balaban J connectivity index is 1.78. The molecule has 1 saturated heterocycles. The fourth-order valence-corrected chi connectivity index (χ4v) is 5.68. The van der Waals surface area contributed by atoms with Gasteiger partial charge in [-0.3, -0.25) is 9.48 Å². The van der Waals surface area contributed by atoms with Crippen molar-refractivity contribution >= 4 is 15.9 Å². The van der Waals surface area contributed by atoms with E-state index in [1.54, 1.807) is 28.0 Å². The normalized spacial score (nSPS) is 16.0. The van der Waals surface area contributed by atoms with Crippen molar-refractivity contribution in [3.63, 3.8) is 0 Å². The number of hydrogen-bond donors (Lipinski definition) is 1. The highest BCUT2D eigenvalue weighted by atomic mass is 32.2. The van der Waals surface area contributed by atoms with Gasteiger partial charge < -0.3 is 5.32 Å². The highest BCUT2D eigenvalue weighted by molar-refractivity contribution is 7.89. The van der Waals surface area contributed by atoms with Crippen molar-refractivity contribution in [1.82, 2.24) is 19.4 Å². The minimum absolute atomic E-state index is 0.0845. The van der Waals surface area contributed by atoms with E-state index in [-0.39, 0.29) is 5.91 Å². The Morgan fingerprint density at radius 1 is 1.17 bits per heavy atom. The predicted octanol–water partition coefficient (Wildman–Crippen LogP) is 3.11. The topological polar surface area (TPSA) is 84.3 Å². The minimum Gasteiger partial charge on any atom is -0.352 e. The molecule has 0 unspecified atom stereocenters. The van der Waals surface area contributed by atoms with E-state index < -0.39 is 10.0 Å². The Kier molecular flexibility index (Phi) is 6.98. The Hall–Kier alpha value is -2.19. The van der Waals surface area contributed by atoms with Gasteiger partial charge in [0.25, 0.3) is 5.91 Å². The summed E-state index contributed by atoms with van der Waals surface area (Å²) in [6, 6.07) is 7.35. The number of nitrogens with zero attached hydrogens (tertiary/aromatic N) is 3. The molecule has 8 heteroatoms. The molecule has 1 aromatic carbocycles. The van der Waals surface area contributed by atoms with Gasteiger partial charge >= 0.3 is 0 Å². The molecule has 7 nitrogen and oxygen atoms in total. The van der Waals surface area contributed by atoms with E-state index in [0.29, 0.717) is 53.9 Å². The summed E-state index contributed by atoms with van der Waals surface area (Å²) >= 11 is 0. The van der Waals surface area contributed by atoms with Gasteiger partial charge in [0, 0.05) is 25.2 Å². The maximum Gasteiger partial charge on any atom is 0.251 e. The van der Waals surface area contributed by atoms with E-state index in [4.69, 9.17) is 0 Å². The van der Waals surface area contributed by atoms with Crippen molar-refractivity contribution in [1.29, 1.82) is 0 Å². The number of piperidine rings is 1. The van der Waals surface area contributed by atoms with Crippen LogP contribution < -0.4 is 5.32 Å². The molecule has 0 radical (unpaired) electrons. The lowest BCUT2D eigenvalue weighted by molar-refractivity contribution is 0.0953. The number of rotatable bonds is 7. The number of benzene rings is 1. The number of carbonyl (C=O) groups excluding carboxylic acids is 1. The fraction of sp³-hybridized carbons (Fsp3) is 0.545. The van der Waals surface area contributed by atoms with Crippen molar-refractivity contribution in [2.45, 2.75) is 58.4 Å². The van der Waals surface area contributed by atoms with Crippen LogP contribution in [0.1, 0.15) is 60.4 Å². The summed E-state index contributed by atoms with van der Waals surface area (Å²) in [7, 11) is -3.55. The molecule has 2 heterocycles. The first-order valence-electron chi connectivity index (χ1n) is 10.6. The van der Waals surface area contributed by atoms with Crippen LogP contribution in [0.15, 0.2) is 29.2 Å². The van der Waals surface area contributed by atoms with Gasteiger partial charge in [-0.25, -0.2) is 8.42 Å². The quantitative estimate of drug-likeness (QED) is 0.729. The number of hydrogen-bond acceptors (Lipinski definition) is 4. The lowest BCUT2D eigenvalue weighted by atomic mass is 10.0. The Bertz CT molecular complexity index is 988. The second kappa shape index (κ2) is 9.31. The molecule has 3 rings (SSSR count). The summed E-state index contributed by atoms with van der Waals surface area (Å²) in [5, 5.41) is 7.37. The third kappa shape index (κ3) is 4.75. The predicted molar refractivity (Wildman–Crippen MR) is 117 cm³/mol. The molecule has 1 amide bonds. The van der Waals surface area contributed by atoms with Crippen LogP contribution in [0.3, 0.4) is 0 Å². The van der Waals surface area contributed by atoms with Crippen molar-refractivity contribution in [2.24, 2.45) is 5.92 Å². The van der Waals surface area contributed by atoms with Crippen molar-refractivity contribution in [3.05, 3.63) is 46.8 Å². The second-order valence-corrected chi connectivity index (χ2v) is 10.1. The number of aryl methyl sites for hydroxylation is 1. The summed E-state index contributed by atoms with van der Waals surface area (Å²) in [4.78, 5) is 12.4. The van der Waals surface area contributed by atoms with Crippen LogP contribution in [-0.4, -0.2) is 48.0 Å². The van der Waals surface area contributed by atoms with E-state index in [0.717, 1.165) is 24.8 Å². The van der Waals surface area contributed by atoms with Crippen LogP contribution in [0.4, 0.5) is 0 Å². The first kappa shape index (κ1) is 22.5. The molecule has 1 aliphatic rings. The number of sulfonamides is 1. The highest BCUT2D eigenvalue weighted by Gasteiger charge is 2.32. The molecule has 2 aromatic rings. The molecule has 1 N–H and O–H groups in total. The lowest BCUT2D eigenvalue weighted by Gasteiger charge is -2.29. The zero-order valence-electron chi connectivity index (χ0n) is 18.3. The van der Waals surface area contributed by atoms with Gasteiger partial charge in [0.2, 0.25) is 10.0 Å². The molecule has 0 spiro atoms. The van der Waals surface area contributed by atoms with Gasteiger partial charge in [-0.05, 0) is 56.7 Å². The van der Waals surface area contributed by atoms with Gasteiger partial charge in [-0.2, -0.15) is 9.40 Å². The summed E-state index contributed by atoms with van der Waals surface area (Å²) in [6.07, 6.45) is 2.68. The maximum atomic E-state index is 13.2. The molecule has 1 aromatic heterocycles. The van der Waals surface area contributed by atoms with E-state index in [1.807, 2.05) is 26.0 Å². The fourth-order valence-electron chi connectivity index (χ4n) is 3.84. The second-order valence-electron chi connectivity index (χ2n) is 8.20. The van der Waals surface area contributed by atoms with E-state index >= 15 is 0 Å². The number of nitrogens with one attached hydrogen (secondary N) is 1. The van der Waals surface area contributed by atoms with Crippen LogP contribution in [0.2, 0.25) is 0 Å². The van der Waals surface area contributed by atoms with Crippen LogP contribution in [0.5, 0.6) is 0 Å². The summed E-state index contributed by atoms with van der Waals surface area (Å²) < 4.78 is 29.8. The maximum absolute atomic E-state index is 13.2. The van der Waals surface area contributed by atoms with Crippen molar-refractivity contribution < 1.29 is 13.2 Å². The third-order valence-corrected chi connectivity index (χ3v) is 7.89. The van der Waals surface area contributed by atoms with Gasteiger partial charge in [0.15, 0.2) is 0 Å². The van der Waals surface area contributed by atoms with E-state index in [1.165, 1.54) is 0 Å². The van der Waals surface area contributed by atoms with Crippen LogP contribution in [-0.2, 0) is 16.6 Å². The van der Waals surface area contributed by atoms with Gasteiger partial charge in [-0.15, -0.1) is 0 Å². The molecule has 164 valence electrons. The highest BCUT2D eigenvalue weighted by Crippen LogP contribution is 2.28. The summed E-state index contributed by atoms with van der Waals surface area (Å²) in [6.45, 7) is 9.98. The molecule has 0 aliphatic carbocycles. The standard InChI is InChI=1S/C22H32N4O3S/c1-5-12-23-22(27)20-8-6-19(7-9-20)15-26-18(4)21(17(3)24-26)30(28,29)25-13-10-16(2)11-14-25/h6-9,16H,5,10-15H2,1-4H3,(H,23,27). The van der Waals surface area contributed by atoms with Crippen molar-refractivity contribution in [2.75, 3.05) is 19.6 Å². The molecular weight excluding hydrogens is 400 g/mol. The summed E-state index contributed by atoms with van der Waals surface area (Å²) in [5.74, 6) is 0.479. The summed E-state index contributed by atoms with van der Waals surface area (Å²) in [5.41, 5.74) is 2.75. The molecule has 1 aliphatic heterocycles. The Morgan fingerprint density at radius 2 is 1.80 bits per heavy atom.